The lowest BCUT2D eigenvalue weighted by atomic mass is 10.2. The Bertz CT molecular complexity index is 776. The van der Waals surface area contributed by atoms with Gasteiger partial charge in [0.25, 0.3) is 0 Å². The molecule has 5 N–H and O–H groups in total. The third-order valence-corrected chi connectivity index (χ3v) is 3.54. The molecule has 0 atom stereocenters. The number of anilines is 1. The van der Waals surface area contributed by atoms with Gasteiger partial charge in [-0.2, -0.15) is 0 Å². The summed E-state index contributed by atoms with van der Waals surface area (Å²) in [4.78, 5) is 27.1. The number of nitrogens with one attached hydrogen (secondary N) is 1. The number of carbonyl (C=O) groups is 2. The summed E-state index contributed by atoms with van der Waals surface area (Å²) in [7, 11) is 0. The number of hydrogen-bond acceptors (Lipinski definition) is 5. The number of nitrogens with zero attached hydrogens (tertiary/aromatic N) is 2. The van der Waals surface area contributed by atoms with Gasteiger partial charge in [-0.15, -0.1) is 0 Å². The Kier molecular flexibility index (Phi) is 5.51. The second kappa shape index (κ2) is 7.42. The highest BCUT2D eigenvalue weighted by molar-refractivity contribution is 5.96. The van der Waals surface area contributed by atoms with Crippen LogP contribution < -0.4 is 16.8 Å². The van der Waals surface area contributed by atoms with Gasteiger partial charge in [0.2, 0.25) is 11.9 Å². The molecule has 0 aliphatic carbocycles. The van der Waals surface area contributed by atoms with Crippen molar-refractivity contribution in [3.63, 3.8) is 0 Å². The molecule has 0 bridgehead atoms. The molecular weight excluding hydrogens is 322 g/mol. The van der Waals surface area contributed by atoms with Crippen LogP contribution in [0.5, 0.6) is 0 Å². The van der Waals surface area contributed by atoms with Gasteiger partial charge >= 0.3 is 6.09 Å². The molecule has 2 amide bonds. The van der Waals surface area contributed by atoms with Gasteiger partial charge in [0.1, 0.15) is 5.60 Å². The molecule has 0 fully saturated rings. The summed E-state index contributed by atoms with van der Waals surface area (Å²) >= 11 is 0. The summed E-state index contributed by atoms with van der Waals surface area (Å²) in [5.74, 6) is -0.111. The summed E-state index contributed by atoms with van der Waals surface area (Å²) in [6.07, 6.45) is 1.17. The minimum absolute atomic E-state index is 0.386. The fourth-order valence-corrected chi connectivity index (χ4v) is 2.44. The van der Waals surface area contributed by atoms with E-state index < -0.39 is 17.6 Å². The average Bonchev–Trinajstić information content (AvgIpc) is 2.80. The van der Waals surface area contributed by atoms with Crippen molar-refractivity contribution in [2.45, 2.75) is 45.8 Å². The monoisotopic (exact) mass is 347 g/mol. The van der Waals surface area contributed by atoms with Crippen LogP contribution in [0.4, 0.5) is 10.7 Å². The Balaban J connectivity index is 1.88. The summed E-state index contributed by atoms with van der Waals surface area (Å²) in [6, 6.07) is 5.08. The van der Waals surface area contributed by atoms with Crippen LogP contribution in [0.15, 0.2) is 18.2 Å². The Morgan fingerprint density at radius 2 is 2.00 bits per heavy atom. The highest BCUT2D eigenvalue weighted by atomic mass is 16.6. The van der Waals surface area contributed by atoms with E-state index in [4.69, 9.17) is 16.2 Å². The van der Waals surface area contributed by atoms with Gasteiger partial charge in [-0.05, 0) is 51.8 Å². The molecule has 0 unspecified atom stereocenters. The molecule has 1 heterocycles. The highest BCUT2D eigenvalue weighted by Crippen LogP contribution is 2.20. The molecule has 1 aromatic heterocycles. The topological polar surface area (TPSA) is 125 Å². The maximum atomic E-state index is 11.6. The van der Waals surface area contributed by atoms with Crippen molar-refractivity contribution in [2.75, 3.05) is 12.3 Å². The van der Waals surface area contributed by atoms with Gasteiger partial charge in [0.15, 0.2) is 0 Å². The number of carbonyl (C=O) groups excluding carboxylic acids is 2. The van der Waals surface area contributed by atoms with E-state index in [1.54, 1.807) is 18.2 Å². The third-order valence-electron chi connectivity index (χ3n) is 3.54. The number of unbranched alkanes of at least 4 members (excludes halogenated alkanes) is 1. The van der Waals surface area contributed by atoms with Crippen LogP contribution in [0, 0.1) is 0 Å². The molecular formula is C17H25N5O3. The van der Waals surface area contributed by atoms with Crippen molar-refractivity contribution >= 4 is 29.0 Å². The van der Waals surface area contributed by atoms with E-state index in [0.717, 1.165) is 18.4 Å². The maximum absolute atomic E-state index is 11.6. The zero-order valence-corrected chi connectivity index (χ0v) is 14.8. The lowest BCUT2D eigenvalue weighted by molar-refractivity contribution is 0.0526. The molecule has 0 spiro atoms. The normalized spacial score (nSPS) is 11.5. The van der Waals surface area contributed by atoms with Crippen molar-refractivity contribution < 1.29 is 14.3 Å². The molecule has 8 nitrogen and oxygen atoms in total. The molecule has 8 heteroatoms. The van der Waals surface area contributed by atoms with Crippen molar-refractivity contribution in [3.05, 3.63) is 23.8 Å². The molecule has 0 aliphatic heterocycles. The Morgan fingerprint density at radius 1 is 1.28 bits per heavy atom. The first kappa shape index (κ1) is 18.6. The van der Waals surface area contributed by atoms with Gasteiger partial charge in [0, 0.05) is 18.7 Å². The van der Waals surface area contributed by atoms with Crippen LogP contribution in [-0.2, 0) is 11.3 Å². The number of primary amides is 1. The number of nitrogen functional groups attached to an aromatic ring is 1. The largest absolute Gasteiger partial charge is 0.444 e. The zero-order chi connectivity index (χ0) is 18.6. The van der Waals surface area contributed by atoms with Gasteiger partial charge in [-0.1, -0.05) is 0 Å². The lowest BCUT2D eigenvalue weighted by Crippen LogP contribution is -2.33. The smallest absolute Gasteiger partial charge is 0.407 e. The first-order valence-electron chi connectivity index (χ1n) is 8.20. The number of imidazole rings is 1. The quantitative estimate of drug-likeness (QED) is 0.689. The zero-order valence-electron chi connectivity index (χ0n) is 14.8. The van der Waals surface area contributed by atoms with E-state index in [0.29, 0.717) is 30.1 Å². The van der Waals surface area contributed by atoms with Crippen molar-refractivity contribution in [1.29, 1.82) is 0 Å². The van der Waals surface area contributed by atoms with Crippen LogP contribution in [0.2, 0.25) is 0 Å². The molecule has 2 rings (SSSR count). The van der Waals surface area contributed by atoms with Crippen LogP contribution in [-0.4, -0.2) is 33.7 Å². The lowest BCUT2D eigenvalue weighted by Gasteiger charge is -2.19. The van der Waals surface area contributed by atoms with E-state index in [-0.39, 0.29) is 0 Å². The minimum Gasteiger partial charge on any atom is -0.444 e. The van der Waals surface area contributed by atoms with E-state index in [1.807, 2.05) is 25.3 Å². The number of aromatic nitrogens is 2. The van der Waals surface area contributed by atoms with Crippen LogP contribution in [0.1, 0.15) is 44.0 Å². The molecule has 0 saturated heterocycles. The second-order valence-corrected chi connectivity index (χ2v) is 6.83. The van der Waals surface area contributed by atoms with Gasteiger partial charge < -0.3 is 26.1 Å². The molecule has 0 saturated carbocycles. The SMILES string of the molecule is CC(C)(C)OC(=O)NCCCCn1c(N)nc2cc(C(N)=O)ccc21. The fraction of sp³-hybridized carbons (Fsp3) is 0.471. The van der Waals surface area contributed by atoms with Gasteiger partial charge in [-0.25, -0.2) is 9.78 Å². The average molecular weight is 347 g/mol. The molecule has 136 valence electrons. The number of aryl methyl sites for hydroxylation is 1. The number of benzene rings is 1. The minimum atomic E-state index is -0.502. The fourth-order valence-electron chi connectivity index (χ4n) is 2.44. The Hall–Kier alpha value is -2.77. The highest BCUT2D eigenvalue weighted by Gasteiger charge is 2.15. The molecule has 0 radical (unpaired) electrons. The molecule has 25 heavy (non-hydrogen) atoms. The van der Waals surface area contributed by atoms with Crippen molar-refractivity contribution in [3.8, 4) is 0 Å². The summed E-state index contributed by atoms with van der Waals surface area (Å²) in [5, 5.41) is 2.72. The Labute approximate surface area is 146 Å². The van der Waals surface area contributed by atoms with E-state index >= 15 is 0 Å². The number of alkyl carbamates (subject to hydrolysis) is 1. The van der Waals surface area contributed by atoms with E-state index in [2.05, 4.69) is 10.3 Å². The van der Waals surface area contributed by atoms with Crippen LogP contribution >= 0.6 is 0 Å². The standard InChI is InChI=1S/C17H25N5O3/c1-17(2,3)25-16(24)20-8-4-5-9-22-13-7-6-11(14(18)23)10-12(13)21-15(22)19/h6-7,10H,4-5,8-9H2,1-3H3,(H2,18,23)(H2,19,21)(H,20,24). The molecule has 0 aliphatic rings. The van der Waals surface area contributed by atoms with Crippen LogP contribution in [0.3, 0.4) is 0 Å². The number of ether oxygens (including phenoxy) is 1. The first-order chi connectivity index (χ1) is 11.7. The summed E-state index contributed by atoms with van der Waals surface area (Å²) in [5.41, 5.74) is 12.6. The summed E-state index contributed by atoms with van der Waals surface area (Å²) < 4.78 is 7.06. The van der Waals surface area contributed by atoms with Gasteiger partial charge in [-0.3, -0.25) is 4.79 Å². The predicted molar refractivity (Wildman–Crippen MR) is 96.1 cm³/mol. The van der Waals surface area contributed by atoms with E-state index in [1.165, 1.54) is 0 Å². The predicted octanol–water partition coefficient (Wildman–Crippen LogP) is 2.02. The number of rotatable bonds is 6. The van der Waals surface area contributed by atoms with Crippen molar-refractivity contribution in [1.82, 2.24) is 14.9 Å². The maximum Gasteiger partial charge on any atom is 0.407 e. The third kappa shape index (κ3) is 5.10. The second-order valence-electron chi connectivity index (χ2n) is 6.83. The molecule has 1 aromatic carbocycles. The number of amides is 2. The van der Waals surface area contributed by atoms with Crippen LogP contribution in [0.25, 0.3) is 11.0 Å². The van der Waals surface area contributed by atoms with Gasteiger partial charge in [0.05, 0.1) is 11.0 Å². The summed E-state index contributed by atoms with van der Waals surface area (Å²) in [6.45, 7) is 6.65. The number of hydrogen-bond donors (Lipinski definition) is 3. The van der Waals surface area contributed by atoms with Crippen molar-refractivity contribution in [2.24, 2.45) is 5.73 Å². The Morgan fingerprint density at radius 3 is 2.64 bits per heavy atom. The van der Waals surface area contributed by atoms with E-state index in [9.17, 15) is 9.59 Å². The first-order valence-corrected chi connectivity index (χ1v) is 8.20. The number of fused-ring (bicyclic) bond motifs is 1. The number of nitrogens with two attached hydrogens (primary N) is 2. The molecule has 2 aromatic rings.